The van der Waals surface area contributed by atoms with E-state index in [1.165, 1.54) is 11.8 Å². The third-order valence-electron chi connectivity index (χ3n) is 2.23. The van der Waals surface area contributed by atoms with Crippen LogP contribution in [0.4, 0.5) is 0 Å². The molecule has 0 fully saturated rings. The van der Waals surface area contributed by atoms with E-state index in [1.54, 1.807) is 19.3 Å². The van der Waals surface area contributed by atoms with Gasteiger partial charge in [0.25, 0.3) is 5.22 Å². The number of halogens is 1. The molecule has 2 aromatic rings. The first kappa shape index (κ1) is 12.5. The van der Waals surface area contributed by atoms with Crippen LogP contribution in [0.15, 0.2) is 39.0 Å². The number of oxazole rings is 1. The number of aliphatic hydroxyl groups excluding tert-OH is 1. The molecule has 0 radical (unpaired) electrons. The molecule has 5 heteroatoms. The number of hydrogen-bond acceptors (Lipinski definition) is 4. The molecule has 1 aromatic carbocycles. The van der Waals surface area contributed by atoms with E-state index in [0.717, 1.165) is 16.2 Å². The van der Waals surface area contributed by atoms with Crippen LogP contribution in [0.5, 0.6) is 0 Å². The Balaban J connectivity index is 2.22. The van der Waals surface area contributed by atoms with Crippen molar-refractivity contribution in [3.05, 3.63) is 40.7 Å². The van der Waals surface area contributed by atoms with Crippen LogP contribution < -0.4 is 0 Å². The lowest BCUT2D eigenvalue weighted by Crippen LogP contribution is -1.90. The van der Waals surface area contributed by atoms with Gasteiger partial charge in [0, 0.05) is 4.90 Å². The predicted octanol–water partition coefficient (Wildman–Crippen LogP) is 3.84. The summed E-state index contributed by atoms with van der Waals surface area (Å²) in [5, 5.41) is 10.6. The third kappa shape index (κ3) is 3.03. The Kier molecular flexibility index (Phi) is 3.76. The number of nitrogens with zero attached hydrogens (tertiary/aromatic N) is 1. The van der Waals surface area contributed by atoms with Gasteiger partial charge in [0.1, 0.15) is 6.26 Å². The number of aryl methyl sites for hydroxylation is 1. The highest BCUT2D eigenvalue weighted by Crippen LogP contribution is 2.34. The Labute approximate surface area is 109 Å². The van der Waals surface area contributed by atoms with Crippen LogP contribution in [0.3, 0.4) is 0 Å². The van der Waals surface area contributed by atoms with Gasteiger partial charge in [-0.25, -0.2) is 4.98 Å². The average molecular weight is 270 g/mol. The van der Waals surface area contributed by atoms with Gasteiger partial charge >= 0.3 is 0 Å². The van der Waals surface area contributed by atoms with Crippen molar-refractivity contribution < 1.29 is 9.52 Å². The predicted molar refractivity (Wildman–Crippen MR) is 67.4 cm³/mol. The molecule has 1 N–H and O–H groups in total. The molecule has 2 rings (SSSR count). The van der Waals surface area contributed by atoms with Crippen LogP contribution in [0.1, 0.15) is 24.3 Å². The Hall–Kier alpha value is -0.970. The van der Waals surface area contributed by atoms with Crippen molar-refractivity contribution in [2.75, 3.05) is 0 Å². The summed E-state index contributed by atoms with van der Waals surface area (Å²) in [7, 11) is 0. The number of aliphatic hydroxyl groups is 1. The van der Waals surface area contributed by atoms with Crippen molar-refractivity contribution in [1.29, 1.82) is 0 Å². The summed E-state index contributed by atoms with van der Waals surface area (Å²) in [6, 6.07) is 5.45. The fourth-order valence-corrected chi connectivity index (χ4v) is 2.40. The van der Waals surface area contributed by atoms with Gasteiger partial charge in [0.15, 0.2) is 0 Å². The first-order chi connectivity index (χ1) is 8.06. The van der Waals surface area contributed by atoms with E-state index in [4.69, 9.17) is 16.0 Å². The largest absolute Gasteiger partial charge is 0.439 e. The fraction of sp³-hybridized carbons (Fsp3) is 0.250. The normalized spacial score (nSPS) is 12.7. The Morgan fingerprint density at radius 3 is 2.76 bits per heavy atom. The smallest absolute Gasteiger partial charge is 0.260 e. The van der Waals surface area contributed by atoms with E-state index in [1.807, 2.05) is 19.1 Å². The van der Waals surface area contributed by atoms with Gasteiger partial charge in [-0.15, -0.1) is 0 Å². The van der Waals surface area contributed by atoms with Gasteiger partial charge in [-0.2, -0.15) is 0 Å². The lowest BCUT2D eigenvalue weighted by atomic mass is 10.1. The molecule has 0 bridgehead atoms. The Morgan fingerprint density at radius 2 is 2.24 bits per heavy atom. The highest BCUT2D eigenvalue weighted by molar-refractivity contribution is 7.99. The van der Waals surface area contributed by atoms with Crippen molar-refractivity contribution in [2.45, 2.75) is 30.1 Å². The standard InChI is InChI=1S/C12H12ClNO2S/c1-7-6-16-12(14-7)17-11-4-3-9(8(2)15)5-10(11)13/h3-6,8,15H,1-2H3/t8-/m0/s1. The first-order valence-corrected chi connectivity index (χ1v) is 6.33. The van der Waals surface area contributed by atoms with Gasteiger partial charge in [0.05, 0.1) is 16.8 Å². The number of benzene rings is 1. The summed E-state index contributed by atoms with van der Waals surface area (Å²) in [5.74, 6) is 0. The maximum Gasteiger partial charge on any atom is 0.260 e. The summed E-state index contributed by atoms with van der Waals surface area (Å²) in [4.78, 5) is 5.05. The summed E-state index contributed by atoms with van der Waals surface area (Å²) < 4.78 is 5.24. The molecule has 17 heavy (non-hydrogen) atoms. The van der Waals surface area contributed by atoms with Crippen molar-refractivity contribution in [3.8, 4) is 0 Å². The van der Waals surface area contributed by atoms with E-state index in [-0.39, 0.29) is 0 Å². The van der Waals surface area contributed by atoms with E-state index >= 15 is 0 Å². The lowest BCUT2D eigenvalue weighted by molar-refractivity contribution is 0.199. The van der Waals surface area contributed by atoms with Crippen LogP contribution >= 0.6 is 23.4 Å². The van der Waals surface area contributed by atoms with Crippen molar-refractivity contribution in [1.82, 2.24) is 4.98 Å². The lowest BCUT2D eigenvalue weighted by Gasteiger charge is -2.07. The molecule has 0 saturated heterocycles. The third-order valence-corrected chi connectivity index (χ3v) is 3.60. The number of hydrogen-bond donors (Lipinski definition) is 1. The van der Waals surface area contributed by atoms with Crippen LogP contribution in [0.2, 0.25) is 5.02 Å². The zero-order valence-corrected chi connectivity index (χ0v) is 11.0. The molecular weight excluding hydrogens is 258 g/mol. The van der Waals surface area contributed by atoms with E-state index in [9.17, 15) is 5.11 Å². The minimum Gasteiger partial charge on any atom is -0.439 e. The van der Waals surface area contributed by atoms with Gasteiger partial charge in [0.2, 0.25) is 0 Å². The van der Waals surface area contributed by atoms with E-state index in [0.29, 0.717) is 10.2 Å². The average Bonchev–Trinajstić information content (AvgIpc) is 2.67. The molecule has 0 aliphatic heterocycles. The monoisotopic (exact) mass is 269 g/mol. The number of aromatic nitrogens is 1. The van der Waals surface area contributed by atoms with E-state index in [2.05, 4.69) is 4.98 Å². The van der Waals surface area contributed by atoms with Crippen LogP contribution in [0.25, 0.3) is 0 Å². The molecule has 0 amide bonds. The number of rotatable bonds is 3. The maximum absolute atomic E-state index is 9.44. The van der Waals surface area contributed by atoms with E-state index < -0.39 is 6.10 Å². The van der Waals surface area contributed by atoms with Crippen molar-refractivity contribution in [3.63, 3.8) is 0 Å². The van der Waals surface area contributed by atoms with Crippen molar-refractivity contribution in [2.24, 2.45) is 0 Å². The summed E-state index contributed by atoms with van der Waals surface area (Å²) in [6.07, 6.45) is 1.08. The SMILES string of the molecule is Cc1coc(Sc2ccc([C@H](C)O)cc2Cl)n1. The summed E-state index contributed by atoms with van der Waals surface area (Å²) in [6.45, 7) is 3.57. The van der Waals surface area contributed by atoms with Gasteiger partial charge in [-0.3, -0.25) is 0 Å². The molecule has 90 valence electrons. The Morgan fingerprint density at radius 1 is 1.47 bits per heavy atom. The first-order valence-electron chi connectivity index (χ1n) is 5.14. The molecule has 1 aromatic heterocycles. The van der Waals surface area contributed by atoms with Crippen LogP contribution in [-0.2, 0) is 0 Å². The summed E-state index contributed by atoms with van der Waals surface area (Å²) >= 11 is 7.49. The van der Waals surface area contributed by atoms with Gasteiger partial charge < -0.3 is 9.52 Å². The highest BCUT2D eigenvalue weighted by atomic mass is 35.5. The molecule has 0 aliphatic carbocycles. The quantitative estimate of drug-likeness (QED) is 0.920. The molecule has 3 nitrogen and oxygen atoms in total. The minimum absolute atomic E-state index is 0.518. The second-order valence-corrected chi connectivity index (χ2v) is 5.12. The molecule has 0 spiro atoms. The minimum atomic E-state index is -0.518. The topological polar surface area (TPSA) is 46.3 Å². The zero-order valence-electron chi connectivity index (χ0n) is 9.48. The molecular formula is C12H12ClNO2S. The fourth-order valence-electron chi connectivity index (χ4n) is 1.33. The second-order valence-electron chi connectivity index (χ2n) is 3.72. The van der Waals surface area contributed by atoms with Crippen molar-refractivity contribution >= 4 is 23.4 Å². The molecule has 1 atom stereocenters. The molecule has 0 aliphatic rings. The van der Waals surface area contributed by atoms with Gasteiger partial charge in [-0.05, 0) is 43.3 Å². The molecule has 0 saturated carbocycles. The van der Waals surface area contributed by atoms with Crippen LogP contribution in [0, 0.1) is 6.92 Å². The van der Waals surface area contributed by atoms with Gasteiger partial charge in [-0.1, -0.05) is 17.7 Å². The molecule has 0 unspecified atom stereocenters. The zero-order chi connectivity index (χ0) is 12.4. The molecule has 1 heterocycles. The maximum atomic E-state index is 9.44. The second kappa shape index (κ2) is 5.12. The summed E-state index contributed by atoms with van der Waals surface area (Å²) in [5.41, 5.74) is 1.63. The Bertz CT molecular complexity index is 525. The van der Waals surface area contributed by atoms with Crippen LogP contribution in [-0.4, -0.2) is 10.1 Å². The highest BCUT2D eigenvalue weighted by Gasteiger charge is 2.09.